The van der Waals surface area contributed by atoms with Crippen molar-refractivity contribution in [1.82, 2.24) is 10.2 Å². The Labute approximate surface area is 293 Å². The van der Waals surface area contributed by atoms with Crippen LogP contribution < -0.4 is 9.62 Å². The Morgan fingerprint density at radius 2 is 1.48 bits per heavy atom. The first kappa shape index (κ1) is 35.5. The minimum atomic E-state index is -4.25. The van der Waals surface area contributed by atoms with E-state index in [0.717, 1.165) is 58.7 Å². The number of sulfonamides is 1. The smallest absolute Gasteiger partial charge is 0.264 e. The molecule has 0 aliphatic heterocycles. The molecule has 5 rings (SSSR count). The number of rotatable bonds is 12. The van der Waals surface area contributed by atoms with Gasteiger partial charge in [0.2, 0.25) is 11.8 Å². The predicted molar refractivity (Wildman–Crippen MR) is 193 cm³/mol. The van der Waals surface area contributed by atoms with Crippen LogP contribution in [-0.2, 0) is 32.6 Å². The highest BCUT2D eigenvalue weighted by Crippen LogP contribution is 2.31. The van der Waals surface area contributed by atoms with Crippen molar-refractivity contribution >= 4 is 50.7 Å². The lowest BCUT2D eigenvalue weighted by molar-refractivity contribution is -0.140. The molecule has 0 bridgehead atoms. The van der Waals surface area contributed by atoms with Crippen LogP contribution in [0.4, 0.5) is 5.69 Å². The fraction of sp³-hybridized carbons (Fsp3) is 0.316. The zero-order valence-electron chi connectivity index (χ0n) is 27.2. The molecule has 0 radical (unpaired) electrons. The fourth-order valence-electron chi connectivity index (χ4n) is 6.11. The van der Waals surface area contributed by atoms with Gasteiger partial charge in [-0.3, -0.25) is 13.9 Å². The summed E-state index contributed by atoms with van der Waals surface area (Å²) in [6, 6.07) is 27.3. The van der Waals surface area contributed by atoms with Gasteiger partial charge in [-0.15, -0.1) is 0 Å². The maximum absolute atomic E-state index is 14.7. The van der Waals surface area contributed by atoms with Crippen LogP contribution in [0.2, 0.25) is 10.0 Å². The molecule has 4 aromatic rings. The van der Waals surface area contributed by atoms with Gasteiger partial charge in [-0.05, 0) is 68.1 Å². The molecule has 0 saturated heterocycles. The summed E-state index contributed by atoms with van der Waals surface area (Å²) in [6.07, 6.45) is 5.24. The average Bonchev–Trinajstić information content (AvgIpc) is 3.07. The molecule has 1 unspecified atom stereocenters. The molecule has 7 nitrogen and oxygen atoms in total. The van der Waals surface area contributed by atoms with Gasteiger partial charge in [0, 0.05) is 19.0 Å². The number of carbonyl (C=O) groups excluding carboxylic acids is 2. The number of hydrogen-bond acceptors (Lipinski definition) is 4. The van der Waals surface area contributed by atoms with Crippen molar-refractivity contribution in [2.24, 2.45) is 0 Å². The Bertz CT molecular complexity index is 1830. The summed E-state index contributed by atoms with van der Waals surface area (Å²) >= 11 is 12.6. The average molecular weight is 707 g/mol. The summed E-state index contributed by atoms with van der Waals surface area (Å²) in [5.74, 6) is -0.785. The van der Waals surface area contributed by atoms with Crippen molar-refractivity contribution in [3.8, 4) is 0 Å². The van der Waals surface area contributed by atoms with Crippen LogP contribution in [0.25, 0.3) is 0 Å². The van der Waals surface area contributed by atoms with E-state index in [1.807, 2.05) is 68.4 Å². The first-order valence-electron chi connectivity index (χ1n) is 16.2. The van der Waals surface area contributed by atoms with E-state index in [2.05, 4.69) is 5.32 Å². The van der Waals surface area contributed by atoms with Gasteiger partial charge >= 0.3 is 0 Å². The van der Waals surface area contributed by atoms with Gasteiger partial charge in [-0.1, -0.05) is 120 Å². The third kappa shape index (κ3) is 8.98. The molecule has 0 aromatic heterocycles. The van der Waals surface area contributed by atoms with Crippen molar-refractivity contribution < 1.29 is 18.0 Å². The number of hydrogen-bond donors (Lipinski definition) is 1. The lowest BCUT2D eigenvalue weighted by Gasteiger charge is -2.35. The molecular formula is C38H41Cl2N3O4S. The summed E-state index contributed by atoms with van der Waals surface area (Å²) in [7, 11) is -4.25. The normalized spacial score (nSPS) is 14.2. The largest absolute Gasteiger partial charge is 0.352 e. The Morgan fingerprint density at radius 3 is 2.15 bits per heavy atom. The molecule has 1 aliphatic rings. The SMILES string of the molecule is Cc1ccc(S(=O)(=O)N(CC(=O)N(Cc2cccc(C)c2)C(Cc2ccccc2)C(=O)NC2CCCCC2)c2ccc(Cl)c(Cl)c2)cc1. The second-order valence-electron chi connectivity index (χ2n) is 12.5. The second-order valence-corrected chi connectivity index (χ2v) is 15.2. The summed E-state index contributed by atoms with van der Waals surface area (Å²) in [5.41, 5.74) is 3.79. The second kappa shape index (κ2) is 16.0. The highest BCUT2D eigenvalue weighted by molar-refractivity contribution is 7.92. The van der Waals surface area contributed by atoms with E-state index < -0.39 is 28.5 Å². The molecule has 0 heterocycles. The predicted octanol–water partition coefficient (Wildman–Crippen LogP) is 7.89. The molecule has 1 aliphatic carbocycles. The van der Waals surface area contributed by atoms with Gasteiger partial charge in [0.05, 0.1) is 20.6 Å². The Kier molecular flexibility index (Phi) is 11.8. The zero-order valence-corrected chi connectivity index (χ0v) is 29.6. The van der Waals surface area contributed by atoms with Gasteiger partial charge in [0.15, 0.2) is 0 Å². The van der Waals surface area contributed by atoms with Gasteiger partial charge in [-0.2, -0.15) is 0 Å². The third-order valence-electron chi connectivity index (χ3n) is 8.74. The number of nitrogens with one attached hydrogen (secondary N) is 1. The minimum absolute atomic E-state index is 0.0214. The standard InChI is InChI=1S/C38H41Cl2N3O4S/c1-27-16-19-33(20-17-27)48(46,47)43(32-18-21-34(39)35(40)24-32)26-37(44)42(25-30-13-9-10-28(2)22-30)36(23-29-11-5-3-6-12-29)38(45)41-31-14-7-4-8-15-31/h3,5-6,9-13,16-22,24,31,36H,4,7-8,14-15,23,25-26H2,1-2H3,(H,41,45). The fourth-order valence-corrected chi connectivity index (χ4v) is 7.81. The van der Waals surface area contributed by atoms with Crippen molar-refractivity contribution in [2.45, 2.75) is 75.9 Å². The third-order valence-corrected chi connectivity index (χ3v) is 11.3. The van der Waals surface area contributed by atoms with Crippen LogP contribution in [0.1, 0.15) is 54.4 Å². The van der Waals surface area contributed by atoms with Crippen molar-refractivity contribution in [3.63, 3.8) is 0 Å². The molecular weight excluding hydrogens is 665 g/mol. The van der Waals surface area contributed by atoms with E-state index in [-0.39, 0.29) is 45.5 Å². The molecule has 48 heavy (non-hydrogen) atoms. The number of halogens is 2. The lowest BCUT2D eigenvalue weighted by atomic mass is 9.94. The first-order valence-corrected chi connectivity index (χ1v) is 18.4. The van der Waals surface area contributed by atoms with Gasteiger partial charge in [0.25, 0.3) is 10.0 Å². The van der Waals surface area contributed by atoms with E-state index in [1.165, 1.54) is 35.2 Å². The molecule has 252 valence electrons. The summed E-state index contributed by atoms with van der Waals surface area (Å²) in [6.45, 7) is 3.37. The maximum Gasteiger partial charge on any atom is 0.264 e. The molecule has 1 atom stereocenters. The highest BCUT2D eigenvalue weighted by Gasteiger charge is 2.35. The van der Waals surface area contributed by atoms with E-state index in [1.54, 1.807) is 12.1 Å². The van der Waals surface area contributed by atoms with Crippen LogP contribution >= 0.6 is 23.2 Å². The highest BCUT2D eigenvalue weighted by atomic mass is 35.5. The number of benzene rings is 4. The van der Waals surface area contributed by atoms with Gasteiger partial charge in [-0.25, -0.2) is 8.42 Å². The molecule has 4 aromatic carbocycles. The quantitative estimate of drug-likeness (QED) is 0.162. The van der Waals surface area contributed by atoms with Crippen LogP contribution in [0.5, 0.6) is 0 Å². The van der Waals surface area contributed by atoms with Crippen LogP contribution in [-0.4, -0.2) is 43.8 Å². The number of carbonyl (C=O) groups is 2. The summed E-state index contributed by atoms with van der Waals surface area (Å²) < 4.78 is 29.6. The lowest BCUT2D eigenvalue weighted by Crippen LogP contribution is -2.55. The van der Waals surface area contributed by atoms with E-state index in [0.29, 0.717) is 0 Å². The van der Waals surface area contributed by atoms with Crippen molar-refractivity contribution in [3.05, 3.63) is 129 Å². The van der Waals surface area contributed by atoms with Crippen molar-refractivity contribution in [2.75, 3.05) is 10.8 Å². The number of amides is 2. The van der Waals surface area contributed by atoms with Gasteiger partial charge < -0.3 is 10.2 Å². The molecule has 1 N–H and O–H groups in total. The number of aryl methyl sites for hydroxylation is 2. The number of anilines is 1. The Hall–Kier alpha value is -3.85. The van der Waals surface area contributed by atoms with E-state index in [9.17, 15) is 18.0 Å². The van der Waals surface area contributed by atoms with Crippen LogP contribution in [0.15, 0.2) is 102 Å². The number of nitrogens with zero attached hydrogens (tertiary/aromatic N) is 2. The summed E-state index contributed by atoms with van der Waals surface area (Å²) in [5, 5.41) is 3.64. The zero-order chi connectivity index (χ0) is 34.3. The van der Waals surface area contributed by atoms with Crippen molar-refractivity contribution in [1.29, 1.82) is 0 Å². The Balaban J connectivity index is 1.58. The Morgan fingerprint density at radius 1 is 0.792 bits per heavy atom. The molecule has 10 heteroatoms. The molecule has 0 spiro atoms. The topological polar surface area (TPSA) is 86.8 Å². The summed E-state index contributed by atoms with van der Waals surface area (Å²) in [4.78, 5) is 30.5. The molecule has 1 saturated carbocycles. The maximum atomic E-state index is 14.7. The first-order chi connectivity index (χ1) is 23.0. The van der Waals surface area contributed by atoms with E-state index in [4.69, 9.17) is 23.2 Å². The van der Waals surface area contributed by atoms with E-state index >= 15 is 0 Å². The van der Waals surface area contributed by atoms with Crippen LogP contribution in [0.3, 0.4) is 0 Å². The molecule has 1 fully saturated rings. The van der Waals surface area contributed by atoms with Crippen LogP contribution in [0, 0.1) is 13.8 Å². The minimum Gasteiger partial charge on any atom is -0.352 e. The molecule has 2 amide bonds. The monoisotopic (exact) mass is 705 g/mol. The van der Waals surface area contributed by atoms with Gasteiger partial charge in [0.1, 0.15) is 12.6 Å².